The normalized spacial score (nSPS) is 20.4. The number of amides is 1. The molecule has 0 aromatic carbocycles. The molecule has 3 nitrogen and oxygen atoms in total. The van der Waals surface area contributed by atoms with Gasteiger partial charge in [0.15, 0.2) is 0 Å². The molecule has 0 spiro atoms. The molecule has 1 N–H and O–H groups in total. The number of carbonyl (C=O) groups excluding carboxylic acids is 1. The van der Waals surface area contributed by atoms with Gasteiger partial charge < -0.3 is 10.2 Å². The summed E-state index contributed by atoms with van der Waals surface area (Å²) >= 11 is 1.75. The fraction of sp³-hybridized carbons (Fsp3) is 0.909. The van der Waals surface area contributed by atoms with Crippen molar-refractivity contribution in [1.82, 2.24) is 10.2 Å². The highest BCUT2D eigenvalue weighted by atomic mass is 35.5. The maximum absolute atomic E-state index is 11.8. The zero-order valence-corrected chi connectivity index (χ0v) is 11.8. The molecule has 1 saturated heterocycles. The second-order valence-corrected chi connectivity index (χ2v) is 5.13. The lowest BCUT2D eigenvalue weighted by Crippen LogP contribution is -2.42. The first-order valence-corrected chi connectivity index (χ1v) is 7.08. The van der Waals surface area contributed by atoms with E-state index in [9.17, 15) is 4.79 Å². The molecule has 0 aromatic rings. The first kappa shape index (κ1) is 16.1. The molecule has 1 amide bonds. The Balaban J connectivity index is 0.00000225. The number of rotatable bonds is 5. The van der Waals surface area contributed by atoms with E-state index in [1.807, 2.05) is 18.2 Å². The van der Waals surface area contributed by atoms with Crippen LogP contribution in [-0.2, 0) is 4.79 Å². The summed E-state index contributed by atoms with van der Waals surface area (Å²) in [6.07, 6.45) is 5.17. The van der Waals surface area contributed by atoms with E-state index in [0.29, 0.717) is 18.2 Å². The highest BCUT2D eigenvalue weighted by Gasteiger charge is 2.22. The third-order valence-corrected chi connectivity index (χ3v) is 3.50. The molecular formula is C11H23ClN2OS. The molecule has 16 heavy (non-hydrogen) atoms. The Kier molecular flexibility index (Phi) is 9.18. The van der Waals surface area contributed by atoms with Crippen molar-refractivity contribution in [3.63, 3.8) is 0 Å². The van der Waals surface area contributed by atoms with Crippen molar-refractivity contribution in [1.29, 1.82) is 0 Å². The third kappa shape index (κ3) is 5.41. The van der Waals surface area contributed by atoms with E-state index in [2.05, 4.69) is 5.32 Å². The van der Waals surface area contributed by atoms with E-state index in [0.717, 1.165) is 31.8 Å². The topological polar surface area (TPSA) is 32.3 Å². The quantitative estimate of drug-likeness (QED) is 0.821. The number of nitrogens with one attached hydrogen (secondary N) is 1. The Labute approximate surface area is 109 Å². The van der Waals surface area contributed by atoms with Crippen molar-refractivity contribution in [3.05, 3.63) is 0 Å². The molecule has 1 fully saturated rings. The first-order chi connectivity index (χ1) is 7.27. The average molecular weight is 267 g/mol. The maximum Gasteiger partial charge on any atom is 0.223 e. The van der Waals surface area contributed by atoms with E-state index in [1.54, 1.807) is 11.8 Å². The Bertz CT molecular complexity index is 202. The van der Waals surface area contributed by atoms with Crippen LogP contribution >= 0.6 is 24.2 Å². The third-order valence-electron chi connectivity index (χ3n) is 2.88. The highest BCUT2D eigenvalue weighted by molar-refractivity contribution is 7.98. The van der Waals surface area contributed by atoms with Crippen LogP contribution in [0.5, 0.6) is 0 Å². The van der Waals surface area contributed by atoms with Crippen LogP contribution in [0.1, 0.15) is 19.3 Å². The Morgan fingerprint density at radius 3 is 2.94 bits per heavy atom. The number of thioether (sulfide) groups is 1. The summed E-state index contributed by atoms with van der Waals surface area (Å²) in [5, 5.41) is 3.20. The average Bonchev–Trinajstić information content (AvgIpc) is 2.27. The highest BCUT2D eigenvalue weighted by Crippen LogP contribution is 2.16. The molecule has 1 aliphatic heterocycles. The zero-order valence-electron chi connectivity index (χ0n) is 10.2. The number of likely N-dealkylation sites (tertiary alicyclic amines) is 1. The molecule has 1 aliphatic rings. The van der Waals surface area contributed by atoms with Crippen molar-refractivity contribution in [2.24, 2.45) is 5.92 Å². The first-order valence-electron chi connectivity index (χ1n) is 5.69. The number of hydrogen-bond acceptors (Lipinski definition) is 3. The van der Waals surface area contributed by atoms with Crippen LogP contribution in [0.4, 0.5) is 0 Å². The standard InChI is InChI=1S/C11H22N2OS.ClH/c1-12-8-10-4-3-6-13(9-10)11(14)5-7-15-2;/h10,12H,3-9H2,1-2H3;1H. The number of carbonyl (C=O) groups is 1. The second-order valence-electron chi connectivity index (χ2n) is 4.15. The van der Waals surface area contributed by atoms with Crippen molar-refractivity contribution in [2.45, 2.75) is 19.3 Å². The van der Waals surface area contributed by atoms with Gasteiger partial charge in [0, 0.05) is 25.3 Å². The van der Waals surface area contributed by atoms with E-state index in [1.165, 1.54) is 6.42 Å². The van der Waals surface area contributed by atoms with Gasteiger partial charge >= 0.3 is 0 Å². The van der Waals surface area contributed by atoms with Crippen molar-refractivity contribution in [2.75, 3.05) is 38.7 Å². The van der Waals surface area contributed by atoms with Gasteiger partial charge in [0.05, 0.1) is 0 Å². The summed E-state index contributed by atoms with van der Waals surface area (Å²) in [4.78, 5) is 13.8. The largest absolute Gasteiger partial charge is 0.342 e. The van der Waals surface area contributed by atoms with E-state index in [4.69, 9.17) is 0 Å². The SMILES string of the molecule is CNCC1CCCN(C(=O)CCSC)C1.Cl. The smallest absolute Gasteiger partial charge is 0.223 e. The maximum atomic E-state index is 11.8. The lowest BCUT2D eigenvalue weighted by atomic mass is 9.98. The van der Waals surface area contributed by atoms with Crippen molar-refractivity contribution < 1.29 is 4.79 Å². The second kappa shape index (κ2) is 9.14. The summed E-state index contributed by atoms with van der Waals surface area (Å²) in [7, 11) is 1.98. The zero-order chi connectivity index (χ0) is 11.1. The minimum Gasteiger partial charge on any atom is -0.342 e. The number of piperidine rings is 1. The van der Waals surface area contributed by atoms with Crippen LogP contribution in [0, 0.1) is 5.92 Å². The van der Waals surface area contributed by atoms with E-state index >= 15 is 0 Å². The van der Waals surface area contributed by atoms with Crippen molar-refractivity contribution in [3.8, 4) is 0 Å². The Morgan fingerprint density at radius 1 is 1.56 bits per heavy atom. The molecule has 1 heterocycles. The van der Waals surface area contributed by atoms with Crippen LogP contribution in [-0.4, -0.2) is 49.5 Å². The lowest BCUT2D eigenvalue weighted by molar-refractivity contribution is -0.132. The van der Waals surface area contributed by atoms with Crippen molar-refractivity contribution >= 4 is 30.1 Å². The van der Waals surface area contributed by atoms with Crippen LogP contribution in [0.3, 0.4) is 0 Å². The minimum atomic E-state index is 0. The summed E-state index contributed by atoms with van der Waals surface area (Å²) in [5.74, 6) is 1.94. The summed E-state index contributed by atoms with van der Waals surface area (Å²) in [6, 6.07) is 0. The Hall–Kier alpha value is 0.0700. The number of nitrogens with zero attached hydrogens (tertiary/aromatic N) is 1. The molecule has 1 rings (SSSR count). The van der Waals surface area contributed by atoms with Crippen LogP contribution in [0.25, 0.3) is 0 Å². The molecule has 0 bridgehead atoms. The van der Waals surface area contributed by atoms with Crippen LogP contribution in [0.2, 0.25) is 0 Å². The van der Waals surface area contributed by atoms with Gasteiger partial charge in [0.1, 0.15) is 0 Å². The van der Waals surface area contributed by atoms with Gasteiger partial charge in [-0.15, -0.1) is 12.4 Å². The van der Waals surface area contributed by atoms with Gasteiger partial charge in [0.2, 0.25) is 5.91 Å². The fourth-order valence-corrected chi connectivity index (χ4v) is 2.47. The molecule has 5 heteroatoms. The van der Waals surface area contributed by atoms with Gasteiger partial charge in [-0.05, 0) is 38.6 Å². The molecule has 0 aromatic heterocycles. The van der Waals surface area contributed by atoms with Gasteiger partial charge in [-0.25, -0.2) is 0 Å². The molecule has 1 unspecified atom stereocenters. The van der Waals surface area contributed by atoms with Gasteiger partial charge in [0.25, 0.3) is 0 Å². The van der Waals surface area contributed by atoms with E-state index in [-0.39, 0.29) is 12.4 Å². The fourth-order valence-electron chi connectivity index (χ4n) is 2.09. The molecular weight excluding hydrogens is 244 g/mol. The van der Waals surface area contributed by atoms with Crippen LogP contribution < -0.4 is 5.32 Å². The molecule has 0 aliphatic carbocycles. The van der Waals surface area contributed by atoms with E-state index < -0.39 is 0 Å². The molecule has 0 saturated carbocycles. The summed E-state index contributed by atoms with van der Waals surface area (Å²) in [5.41, 5.74) is 0. The Morgan fingerprint density at radius 2 is 2.31 bits per heavy atom. The molecule has 1 atom stereocenters. The lowest BCUT2D eigenvalue weighted by Gasteiger charge is -2.32. The van der Waals surface area contributed by atoms with Gasteiger partial charge in [-0.3, -0.25) is 4.79 Å². The monoisotopic (exact) mass is 266 g/mol. The number of halogens is 1. The number of hydrogen-bond donors (Lipinski definition) is 1. The summed E-state index contributed by atoms with van der Waals surface area (Å²) < 4.78 is 0. The predicted octanol–water partition coefficient (Wildman–Crippen LogP) is 1.62. The molecule has 0 radical (unpaired) electrons. The predicted molar refractivity (Wildman–Crippen MR) is 73.5 cm³/mol. The van der Waals surface area contributed by atoms with Gasteiger partial charge in [-0.1, -0.05) is 0 Å². The van der Waals surface area contributed by atoms with Crippen LogP contribution in [0.15, 0.2) is 0 Å². The molecule has 96 valence electrons. The summed E-state index contributed by atoms with van der Waals surface area (Å²) in [6.45, 7) is 2.95. The van der Waals surface area contributed by atoms with Gasteiger partial charge in [-0.2, -0.15) is 11.8 Å². The minimum absolute atomic E-state index is 0.